The van der Waals surface area contributed by atoms with Crippen molar-refractivity contribution in [2.24, 2.45) is 0 Å². The number of pyridine rings is 1. The van der Waals surface area contributed by atoms with E-state index >= 15 is 0 Å². The zero-order valence-electron chi connectivity index (χ0n) is 13.2. The average molecular weight is 313 g/mol. The Morgan fingerprint density at radius 1 is 1.19 bits per heavy atom. The monoisotopic (exact) mass is 313 g/mol. The van der Waals surface area contributed by atoms with Crippen LogP contribution >= 0.6 is 0 Å². The lowest BCUT2D eigenvalue weighted by Gasteiger charge is -2.24. The molecule has 0 bridgehead atoms. The smallest absolute Gasteiger partial charge is 0.260 e. The summed E-state index contributed by atoms with van der Waals surface area (Å²) in [7, 11) is -3.47. The van der Waals surface area contributed by atoms with Crippen molar-refractivity contribution in [1.82, 2.24) is 14.0 Å². The number of nitrogens with one attached hydrogen (secondary N) is 1. The van der Waals surface area contributed by atoms with Crippen LogP contribution in [0.2, 0.25) is 0 Å². The molecular weight excluding hydrogens is 286 g/mol. The fourth-order valence-electron chi connectivity index (χ4n) is 2.01. The molecule has 0 aliphatic carbocycles. The molecule has 0 spiro atoms. The van der Waals surface area contributed by atoms with Crippen molar-refractivity contribution in [3.05, 3.63) is 30.1 Å². The van der Waals surface area contributed by atoms with E-state index in [2.05, 4.69) is 23.6 Å². The van der Waals surface area contributed by atoms with Crippen LogP contribution in [0.3, 0.4) is 0 Å². The minimum atomic E-state index is -3.47. The van der Waals surface area contributed by atoms with Gasteiger partial charge < -0.3 is 0 Å². The lowest BCUT2D eigenvalue weighted by molar-refractivity contribution is 0.384. The first kappa shape index (κ1) is 18.1. The van der Waals surface area contributed by atoms with Gasteiger partial charge in [0, 0.05) is 19.3 Å². The Hall–Kier alpha value is -0.980. The summed E-state index contributed by atoms with van der Waals surface area (Å²) in [6.45, 7) is 7.09. The Morgan fingerprint density at radius 2 is 1.81 bits per heavy atom. The second-order valence-corrected chi connectivity index (χ2v) is 6.91. The van der Waals surface area contributed by atoms with E-state index in [1.165, 1.54) is 0 Å². The van der Waals surface area contributed by atoms with Crippen LogP contribution < -0.4 is 4.72 Å². The van der Waals surface area contributed by atoms with Gasteiger partial charge in [0.1, 0.15) is 0 Å². The first-order valence-corrected chi connectivity index (χ1v) is 9.13. The number of nitrogens with zero attached hydrogens (tertiary/aromatic N) is 2. The molecule has 0 aliphatic rings. The minimum absolute atomic E-state index is 0.332. The van der Waals surface area contributed by atoms with Gasteiger partial charge in [-0.05, 0) is 31.9 Å². The van der Waals surface area contributed by atoms with E-state index in [0.29, 0.717) is 13.1 Å². The molecular formula is C15H27N3O2S. The Labute approximate surface area is 129 Å². The molecule has 0 aliphatic heterocycles. The number of hydrogen-bond donors (Lipinski definition) is 1. The molecule has 0 radical (unpaired) electrons. The number of rotatable bonds is 10. The molecule has 1 aromatic rings. The first-order chi connectivity index (χ1) is 10.0. The third-order valence-electron chi connectivity index (χ3n) is 3.32. The van der Waals surface area contributed by atoms with E-state index in [1.54, 1.807) is 10.5 Å². The zero-order chi connectivity index (χ0) is 15.7. The van der Waals surface area contributed by atoms with Crippen molar-refractivity contribution in [2.75, 3.05) is 13.1 Å². The molecule has 1 unspecified atom stereocenters. The molecule has 0 fully saturated rings. The van der Waals surface area contributed by atoms with Crippen LogP contribution in [0.5, 0.6) is 0 Å². The van der Waals surface area contributed by atoms with Gasteiger partial charge in [-0.15, -0.1) is 0 Å². The van der Waals surface area contributed by atoms with Crippen LogP contribution in [0.1, 0.15) is 58.2 Å². The third kappa shape index (κ3) is 6.11. The summed E-state index contributed by atoms with van der Waals surface area (Å²) in [5.74, 6) is 0. The van der Waals surface area contributed by atoms with Crippen LogP contribution in [-0.2, 0) is 10.2 Å². The van der Waals surface area contributed by atoms with Crippen molar-refractivity contribution in [1.29, 1.82) is 0 Å². The molecule has 21 heavy (non-hydrogen) atoms. The number of aromatic nitrogens is 1. The fourth-order valence-corrected chi connectivity index (χ4v) is 3.47. The van der Waals surface area contributed by atoms with Crippen LogP contribution in [0.25, 0.3) is 0 Å². The van der Waals surface area contributed by atoms with Crippen LogP contribution in [0.15, 0.2) is 24.4 Å². The molecule has 0 saturated carbocycles. The Bertz CT molecular complexity index is 483. The summed E-state index contributed by atoms with van der Waals surface area (Å²) in [5, 5.41) is 0. The third-order valence-corrected chi connectivity index (χ3v) is 5.02. The quantitative estimate of drug-likeness (QED) is 0.722. The highest BCUT2D eigenvalue weighted by Crippen LogP contribution is 2.12. The van der Waals surface area contributed by atoms with E-state index in [4.69, 9.17) is 0 Å². The summed E-state index contributed by atoms with van der Waals surface area (Å²) in [5.41, 5.74) is 0.729. The second kappa shape index (κ2) is 9.12. The lowest BCUT2D eigenvalue weighted by atomic mass is 10.2. The molecule has 0 amide bonds. The maximum Gasteiger partial charge on any atom is 0.280 e. The minimum Gasteiger partial charge on any atom is -0.260 e. The van der Waals surface area contributed by atoms with E-state index in [9.17, 15) is 8.42 Å². The van der Waals surface area contributed by atoms with Gasteiger partial charge in [0.2, 0.25) is 0 Å². The summed E-state index contributed by atoms with van der Waals surface area (Å²) >= 11 is 0. The Balaban J connectivity index is 2.75. The van der Waals surface area contributed by atoms with Gasteiger partial charge in [-0.3, -0.25) is 4.98 Å². The molecule has 1 heterocycles. The highest BCUT2D eigenvalue weighted by atomic mass is 32.2. The predicted octanol–water partition coefficient (Wildman–Crippen LogP) is 2.88. The molecule has 120 valence electrons. The predicted molar refractivity (Wildman–Crippen MR) is 86.1 cm³/mol. The van der Waals surface area contributed by atoms with Crippen LogP contribution in [0, 0.1) is 0 Å². The number of hydrogen-bond acceptors (Lipinski definition) is 3. The fraction of sp³-hybridized carbons (Fsp3) is 0.667. The second-order valence-electron chi connectivity index (χ2n) is 5.21. The van der Waals surface area contributed by atoms with Crippen molar-refractivity contribution in [2.45, 2.75) is 52.5 Å². The van der Waals surface area contributed by atoms with Crippen molar-refractivity contribution < 1.29 is 8.42 Å². The molecule has 1 aromatic heterocycles. The highest BCUT2D eigenvalue weighted by molar-refractivity contribution is 7.87. The molecule has 1 N–H and O–H groups in total. The van der Waals surface area contributed by atoms with Gasteiger partial charge >= 0.3 is 0 Å². The molecule has 0 aromatic carbocycles. The Morgan fingerprint density at radius 3 is 2.29 bits per heavy atom. The van der Waals surface area contributed by atoms with Gasteiger partial charge in [-0.25, -0.2) is 0 Å². The van der Waals surface area contributed by atoms with Gasteiger partial charge in [0.15, 0.2) is 0 Å². The van der Waals surface area contributed by atoms with Gasteiger partial charge in [-0.1, -0.05) is 32.8 Å². The maximum absolute atomic E-state index is 12.5. The number of unbranched alkanes of at least 4 members (excludes halogenated alkanes) is 2. The molecule has 1 atom stereocenters. The summed E-state index contributed by atoms with van der Waals surface area (Å²) < 4.78 is 29.3. The van der Waals surface area contributed by atoms with Gasteiger partial charge in [0.05, 0.1) is 11.7 Å². The highest BCUT2D eigenvalue weighted by Gasteiger charge is 2.23. The first-order valence-electron chi connectivity index (χ1n) is 7.69. The van der Waals surface area contributed by atoms with E-state index < -0.39 is 10.2 Å². The largest absolute Gasteiger partial charge is 0.280 e. The normalized spacial score (nSPS) is 13.5. The van der Waals surface area contributed by atoms with Crippen LogP contribution in [-0.4, -0.2) is 30.8 Å². The molecule has 6 heteroatoms. The molecule has 1 rings (SSSR count). The van der Waals surface area contributed by atoms with E-state index in [1.807, 2.05) is 25.1 Å². The van der Waals surface area contributed by atoms with E-state index in [-0.39, 0.29) is 6.04 Å². The average Bonchev–Trinajstić information content (AvgIpc) is 2.47. The summed E-state index contributed by atoms with van der Waals surface area (Å²) in [6, 6.07) is 5.18. The standard InChI is InChI=1S/C15H27N3O2S/c1-4-6-12-18(13-7-5-2)21(19,20)17-14(3)15-10-8-9-11-16-15/h8-11,14,17H,4-7,12-13H2,1-3H3. The molecule has 5 nitrogen and oxygen atoms in total. The SMILES string of the molecule is CCCCN(CCCC)S(=O)(=O)NC(C)c1ccccn1. The summed E-state index contributed by atoms with van der Waals surface area (Å²) in [6.07, 6.45) is 5.39. The van der Waals surface area contributed by atoms with Crippen molar-refractivity contribution >= 4 is 10.2 Å². The van der Waals surface area contributed by atoms with Crippen molar-refractivity contribution in [3.8, 4) is 0 Å². The topological polar surface area (TPSA) is 62.3 Å². The van der Waals surface area contributed by atoms with Gasteiger partial charge in [0.25, 0.3) is 10.2 Å². The summed E-state index contributed by atoms with van der Waals surface area (Å²) in [4.78, 5) is 4.20. The zero-order valence-corrected chi connectivity index (χ0v) is 14.1. The lowest BCUT2D eigenvalue weighted by Crippen LogP contribution is -2.42. The van der Waals surface area contributed by atoms with Crippen molar-refractivity contribution in [3.63, 3.8) is 0 Å². The molecule has 0 saturated heterocycles. The van der Waals surface area contributed by atoms with Gasteiger partial charge in [-0.2, -0.15) is 17.4 Å². The Kier molecular flexibility index (Phi) is 7.85. The van der Waals surface area contributed by atoms with E-state index in [0.717, 1.165) is 31.4 Å². The van der Waals surface area contributed by atoms with Crippen LogP contribution in [0.4, 0.5) is 0 Å². The maximum atomic E-state index is 12.5.